The normalized spacial score (nSPS) is 11.7. The summed E-state index contributed by atoms with van der Waals surface area (Å²) in [5.74, 6) is 0.213. The number of rotatable bonds is 6. The molecule has 0 bridgehead atoms. The fraction of sp³-hybridized carbons (Fsp3) is 0.167. The van der Waals surface area contributed by atoms with E-state index in [2.05, 4.69) is 15.1 Å². The van der Waals surface area contributed by atoms with E-state index in [1.807, 2.05) is 48.7 Å². The average molecular weight is 401 g/mol. The van der Waals surface area contributed by atoms with Crippen molar-refractivity contribution in [3.63, 3.8) is 0 Å². The molecule has 0 amide bonds. The Morgan fingerprint density at radius 3 is 2.78 bits per heavy atom. The fourth-order valence-corrected chi connectivity index (χ4v) is 4.40. The van der Waals surface area contributed by atoms with Crippen LogP contribution >= 0.6 is 11.3 Å². The Hall–Kier alpha value is -2.78. The van der Waals surface area contributed by atoms with Crippen LogP contribution in [0.3, 0.4) is 0 Å². The molecular weight excluding hydrogens is 386 g/mol. The lowest BCUT2D eigenvalue weighted by Gasteiger charge is -1.97. The van der Waals surface area contributed by atoms with Crippen molar-refractivity contribution in [3.05, 3.63) is 65.2 Å². The summed E-state index contributed by atoms with van der Waals surface area (Å²) >= 11 is 1.47. The van der Waals surface area contributed by atoms with Gasteiger partial charge in [-0.05, 0) is 24.4 Å². The molecule has 1 aromatic carbocycles. The standard InChI is InChI=1S/C18H15N3O4S2/c1-12-4-2-5-13(8-12)17-20-16(25-21-17)11-27(22,23)10-14-9-24-18(19-14)15-6-3-7-26-15/h2-9H,10-11H2,1H3. The molecule has 4 rings (SSSR count). The number of aromatic nitrogens is 3. The van der Waals surface area contributed by atoms with Gasteiger partial charge in [0, 0.05) is 5.56 Å². The Kier molecular flexibility index (Phi) is 4.63. The summed E-state index contributed by atoms with van der Waals surface area (Å²) in [6.45, 7) is 1.96. The fourth-order valence-electron chi connectivity index (χ4n) is 2.57. The third-order valence-electron chi connectivity index (χ3n) is 3.74. The molecule has 0 aliphatic carbocycles. The van der Waals surface area contributed by atoms with Crippen molar-refractivity contribution in [3.8, 4) is 22.2 Å². The molecule has 9 heteroatoms. The highest BCUT2D eigenvalue weighted by Gasteiger charge is 2.21. The zero-order chi connectivity index (χ0) is 18.9. The third kappa shape index (κ3) is 4.15. The number of oxazole rings is 1. The highest BCUT2D eigenvalue weighted by atomic mass is 32.2. The predicted molar refractivity (Wildman–Crippen MR) is 101 cm³/mol. The Balaban J connectivity index is 1.47. The van der Waals surface area contributed by atoms with Crippen LogP contribution in [0.4, 0.5) is 0 Å². The van der Waals surface area contributed by atoms with Gasteiger partial charge >= 0.3 is 0 Å². The van der Waals surface area contributed by atoms with Crippen molar-refractivity contribution in [2.45, 2.75) is 18.4 Å². The largest absolute Gasteiger partial charge is 0.444 e. The summed E-state index contributed by atoms with van der Waals surface area (Å²) in [6, 6.07) is 11.3. The lowest BCUT2D eigenvalue weighted by molar-refractivity contribution is 0.389. The topological polar surface area (TPSA) is 99.1 Å². The van der Waals surface area contributed by atoms with Gasteiger partial charge < -0.3 is 8.94 Å². The van der Waals surface area contributed by atoms with E-state index >= 15 is 0 Å². The van der Waals surface area contributed by atoms with Gasteiger partial charge in [0.15, 0.2) is 9.84 Å². The smallest absolute Gasteiger partial charge is 0.242 e. The highest BCUT2D eigenvalue weighted by Crippen LogP contribution is 2.24. The van der Waals surface area contributed by atoms with Crippen molar-refractivity contribution >= 4 is 21.2 Å². The minimum atomic E-state index is -3.54. The minimum Gasteiger partial charge on any atom is -0.444 e. The van der Waals surface area contributed by atoms with Crippen LogP contribution in [-0.2, 0) is 21.3 Å². The first-order valence-corrected chi connectivity index (χ1v) is 10.8. The maximum atomic E-state index is 12.5. The van der Waals surface area contributed by atoms with Crippen molar-refractivity contribution < 1.29 is 17.4 Å². The summed E-state index contributed by atoms with van der Waals surface area (Å²) in [5, 5.41) is 5.77. The van der Waals surface area contributed by atoms with E-state index in [-0.39, 0.29) is 17.4 Å². The Labute approximate surface area is 159 Å². The number of thiophene rings is 1. The zero-order valence-corrected chi connectivity index (χ0v) is 16.0. The second-order valence-corrected chi connectivity index (χ2v) is 9.05. The quantitative estimate of drug-likeness (QED) is 0.483. The van der Waals surface area contributed by atoms with E-state index in [9.17, 15) is 8.42 Å². The van der Waals surface area contributed by atoms with Gasteiger partial charge in [-0.3, -0.25) is 0 Å². The molecule has 138 valence electrons. The van der Waals surface area contributed by atoms with Gasteiger partial charge in [0.25, 0.3) is 0 Å². The average Bonchev–Trinajstić information content (AvgIpc) is 3.35. The maximum absolute atomic E-state index is 12.5. The molecule has 3 heterocycles. The number of benzene rings is 1. The predicted octanol–water partition coefficient (Wildman–Crippen LogP) is 3.88. The SMILES string of the molecule is Cc1cccc(-c2noc(CS(=O)(=O)Cc3coc(-c4cccs4)n3)n2)c1. The Morgan fingerprint density at radius 1 is 1.11 bits per heavy atom. The molecule has 0 atom stereocenters. The van der Waals surface area contributed by atoms with E-state index in [1.165, 1.54) is 17.6 Å². The van der Waals surface area contributed by atoms with Gasteiger partial charge in [-0.15, -0.1) is 11.3 Å². The van der Waals surface area contributed by atoms with Crippen LogP contribution in [0.2, 0.25) is 0 Å². The second-order valence-electron chi connectivity index (χ2n) is 6.03. The lowest BCUT2D eigenvalue weighted by Crippen LogP contribution is -2.08. The van der Waals surface area contributed by atoms with E-state index in [4.69, 9.17) is 8.94 Å². The van der Waals surface area contributed by atoms with Gasteiger partial charge in [-0.25, -0.2) is 13.4 Å². The maximum Gasteiger partial charge on any atom is 0.242 e. The molecule has 0 saturated carbocycles. The molecule has 0 saturated heterocycles. The Bertz CT molecular complexity index is 1160. The van der Waals surface area contributed by atoms with E-state index in [1.54, 1.807) is 0 Å². The van der Waals surface area contributed by atoms with Crippen LogP contribution in [-0.4, -0.2) is 23.5 Å². The van der Waals surface area contributed by atoms with Gasteiger partial charge in [-0.2, -0.15) is 4.98 Å². The zero-order valence-electron chi connectivity index (χ0n) is 14.3. The molecule has 0 aliphatic heterocycles. The molecule has 0 aliphatic rings. The number of nitrogens with zero attached hydrogens (tertiary/aromatic N) is 3. The summed E-state index contributed by atoms with van der Waals surface area (Å²) < 4.78 is 35.4. The molecule has 3 aromatic heterocycles. The van der Waals surface area contributed by atoms with E-state index in [0.29, 0.717) is 17.4 Å². The first-order valence-electron chi connectivity index (χ1n) is 8.07. The highest BCUT2D eigenvalue weighted by molar-refractivity contribution is 7.89. The molecule has 0 fully saturated rings. The number of aryl methyl sites for hydroxylation is 1. The molecule has 7 nitrogen and oxygen atoms in total. The van der Waals surface area contributed by atoms with Crippen molar-refractivity contribution in [1.29, 1.82) is 0 Å². The number of hydrogen-bond donors (Lipinski definition) is 0. The molecule has 0 unspecified atom stereocenters. The molecule has 0 spiro atoms. The summed E-state index contributed by atoms with van der Waals surface area (Å²) in [5.41, 5.74) is 2.18. The number of sulfone groups is 1. The number of hydrogen-bond acceptors (Lipinski definition) is 8. The summed E-state index contributed by atoms with van der Waals surface area (Å²) in [4.78, 5) is 9.28. The third-order valence-corrected chi connectivity index (χ3v) is 6.02. The van der Waals surface area contributed by atoms with Crippen LogP contribution in [0.1, 0.15) is 17.1 Å². The van der Waals surface area contributed by atoms with Gasteiger partial charge in [0.1, 0.15) is 12.0 Å². The van der Waals surface area contributed by atoms with Crippen LogP contribution in [0, 0.1) is 6.92 Å². The van der Waals surface area contributed by atoms with Crippen molar-refractivity contribution in [1.82, 2.24) is 15.1 Å². The van der Waals surface area contributed by atoms with Gasteiger partial charge in [0.05, 0.1) is 16.3 Å². The van der Waals surface area contributed by atoms with Crippen LogP contribution in [0.15, 0.2) is 57.0 Å². The Morgan fingerprint density at radius 2 is 2.00 bits per heavy atom. The monoisotopic (exact) mass is 401 g/mol. The molecular formula is C18H15N3O4S2. The lowest BCUT2D eigenvalue weighted by atomic mass is 10.1. The molecule has 0 N–H and O–H groups in total. The first kappa shape index (κ1) is 17.6. The van der Waals surface area contributed by atoms with Crippen LogP contribution in [0.5, 0.6) is 0 Å². The minimum absolute atomic E-state index is 0.0495. The van der Waals surface area contributed by atoms with E-state index < -0.39 is 9.84 Å². The van der Waals surface area contributed by atoms with Gasteiger partial charge in [-0.1, -0.05) is 35.0 Å². The van der Waals surface area contributed by atoms with Crippen LogP contribution in [0.25, 0.3) is 22.2 Å². The van der Waals surface area contributed by atoms with E-state index in [0.717, 1.165) is 16.0 Å². The van der Waals surface area contributed by atoms with Crippen molar-refractivity contribution in [2.24, 2.45) is 0 Å². The molecule has 4 aromatic rings. The van der Waals surface area contributed by atoms with Gasteiger partial charge in [0.2, 0.25) is 17.6 Å². The second kappa shape index (κ2) is 7.09. The van der Waals surface area contributed by atoms with Crippen LogP contribution < -0.4 is 0 Å². The summed E-state index contributed by atoms with van der Waals surface area (Å²) in [6.07, 6.45) is 1.36. The molecule has 0 radical (unpaired) electrons. The first-order chi connectivity index (χ1) is 13.0. The molecule has 27 heavy (non-hydrogen) atoms. The van der Waals surface area contributed by atoms with Crippen molar-refractivity contribution in [2.75, 3.05) is 0 Å². The summed E-state index contributed by atoms with van der Waals surface area (Å²) in [7, 11) is -3.54.